The van der Waals surface area contributed by atoms with Crippen molar-refractivity contribution in [3.05, 3.63) is 28.5 Å². The summed E-state index contributed by atoms with van der Waals surface area (Å²) >= 11 is 0.934. The first kappa shape index (κ1) is 15.9. The predicted octanol–water partition coefficient (Wildman–Crippen LogP) is 2.34. The summed E-state index contributed by atoms with van der Waals surface area (Å²) in [6.45, 7) is 7.52. The standard InChI is InChI=1S/C12H17NO4S2/c1-4-6-13(7-5-2)19(16,17)11-9(3)8-18-10(11)12(14)15/h4,8H,1,5-7H2,2-3H3,(H,14,15). The van der Waals surface area contributed by atoms with Gasteiger partial charge in [0.05, 0.1) is 0 Å². The molecule has 0 fully saturated rings. The maximum atomic E-state index is 12.5. The zero-order chi connectivity index (χ0) is 14.6. The molecule has 0 radical (unpaired) electrons. The molecule has 0 bridgehead atoms. The van der Waals surface area contributed by atoms with Crippen LogP contribution in [0.15, 0.2) is 22.9 Å². The highest BCUT2D eigenvalue weighted by atomic mass is 32.2. The summed E-state index contributed by atoms with van der Waals surface area (Å²) in [6, 6.07) is 0. The van der Waals surface area contributed by atoms with Crippen molar-refractivity contribution in [1.29, 1.82) is 0 Å². The van der Waals surface area contributed by atoms with Crippen molar-refractivity contribution in [2.24, 2.45) is 0 Å². The van der Waals surface area contributed by atoms with Crippen LogP contribution in [0.1, 0.15) is 28.6 Å². The summed E-state index contributed by atoms with van der Waals surface area (Å²) < 4.78 is 26.3. The third-order valence-corrected chi connectivity index (χ3v) is 5.78. The van der Waals surface area contributed by atoms with Crippen LogP contribution in [0.2, 0.25) is 0 Å². The van der Waals surface area contributed by atoms with Gasteiger partial charge in [0.2, 0.25) is 10.0 Å². The first-order chi connectivity index (χ1) is 8.86. The second kappa shape index (κ2) is 6.31. The average Bonchev–Trinajstić information content (AvgIpc) is 2.71. The number of rotatable bonds is 7. The molecule has 0 unspecified atom stereocenters. The van der Waals surface area contributed by atoms with Gasteiger partial charge >= 0.3 is 5.97 Å². The molecule has 0 aliphatic heterocycles. The van der Waals surface area contributed by atoms with Gasteiger partial charge in [0.15, 0.2) is 0 Å². The van der Waals surface area contributed by atoms with Crippen LogP contribution in [-0.2, 0) is 10.0 Å². The number of nitrogens with zero attached hydrogens (tertiary/aromatic N) is 1. The van der Waals surface area contributed by atoms with E-state index in [2.05, 4.69) is 6.58 Å². The number of thiophene rings is 1. The summed E-state index contributed by atoms with van der Waals surface area (Å²) in [6.07, 6.45) is 2.15. The van der Waals surface area contributed by atoms with Gasteiger partial charge in [-0.05, 0) is 24.3 Å². The van der Waals surface area contributed by atoms with Gasteiger partial charge in [-0.2, -0.15) is 4.31 Å². The first-order valence-corrected chi connectivity index (χ1v) is 8.10. The van der Waals surface area contributed by atoms with E-state index in [-0.39, 0.29) is 16.3 Å². The van der Waals surface area contributed by atoms with Crippen LogP contribution in [0.25, 0.3) is 0 Å². The van der Waals surface area contributed by atoms with E-state index in [9.17, 15) is 13.2 Å². The van der Waals surface area contributed by atoms with E-state index < -0.39 is 16.0 Å². The molecule has 1 rings (SSSR count). The van der Waals surface area contributed by atoms with E-state index in [1.165, 1.54) is 10.4 Å². The molecular formula is C12H17NO4S2. The number of sulfonamides is 1. The number of aromatic carboxylic acids is 1. The quantitative estimate of drug-likeness (QED) is 0.785. The maximum Gasteiger partial charge on any atom is 0.347 e. The number of hydrogen-bond donors (Lipinski definition) is 1. The molecule has 0 spiro atoms. The molecule has 0 saturated carbocycles. The lowest BCUT2D eigenvalue weighted by atomic mass is 10.3. The molecule has 7 heteroatoms. The molecule has 1 heterocycles. The molecule has 1 aromatic heterocycles. The van der Waals surface area contributed by atoms with Crippen LogP contribution in [0.4, 0.5) is 0 Å². The fraction of sp³-hybridized carbons (Fsp3) is 0.417. The molecule has 0 aliphatic carbocycles. The minimum Gasteiger partial charge on any atom is -0.477 e. The fourth-order valence-corrected chi connectivity index (χ4v) is 4.82. The highest BCUT2D eigenvalue weighted by Gasteiger charge is 2.31. The highest BCUT2D eigenvalue weighted by molar-refractivity contribution is 7.89. The SMILES string of the molecule is C=CCN(CCC)S(=O)(=O)c1c(C)csc1C(=O)O. The summed E-state index contributed by atoms with van der Waals surface area (Å²) in [5, 5.41) is 10.6. The third kappa shape index (κ3) is 3.23. The van der Waals surface area contributed by atoms with Crippen LogP contribution < -0.4 is 0 Å². The Balaban J connectivity index is 3.36. The molecular weight excluding hydrogens is 286 g/mol. The first-order valence-electron chi connectivity index (χ1n) is 5.78. The molecule has 1 N–H and O–H groups in total. The van der Waals surface area contributed by atoms with Gasteiger partial charge in [-0.15, -0.1) is 17.9 Å². The van der Waals surface area contributed by atoms with Gasteiger partial charge < -0.3 is 5.11 Å². The normalized spacial score (nSPS) is 11.7. The Morgan fingerprint density at radius 3 is 2.68 bits per heavy atom. The van der Waals surface area contributed by atoms with Gasteiger partial charge in [0, 0.05) is 13.1 Å². The molecule has 106 valence electrons. The Morgan fingerprint density at radius 1 is 1.58 bits per heavy atom. The van der Waals surface area contributed by atoms with Crippen LogP contribution in [0.5, 0.6) is 0 Å². The average molecular weight is 303 g/mol. The number of carboxylic acid groups (broad SMARTS) is 1. The molecule has 19 heavy (non-hydrogen) atoms. The Bertz CT molecular complexity index is 575. The van der Waals surface area contributed by atoms with E-state index in [1.807, 2.05) is 6.92 Å². The van der Waals surface area contributed by atoms with Crippen molar-refractivity contribution in [1.82, 2.24) is 4.31 Å². The lowest BCUT2D eigenvalue weighted by molar-refractivity contribution is 0.0698. The molecule has 0 saturated heterocycles. The predicted molar refractivity (Wildman–Crippen MR) is 75.3 cm³/mol. The van der Waals surface area contributed by atoms with Gasteiger partial charge in [-0.25, -0.2) is 13.2 Å². The summed E-state index contributed by atoms with van der Waals surface area (Å²) in [7, 11) is -3.80. The molecule has 0 amide bonds. The second-order valence-corrected chi connectivity index (χ2v) is 6.79. The summed E-state index contributed by atoms with van der Waals surface area (Å²) in [4.78, 5) is 10.9. The van der Waals surface area contributed by atoms with Crippen molar-refractivity contribution in [3.8, 4) is 0 Å². The summed E-state index contributed by atoms with van der Waals surface area (Å²) in [5.74, 6) is -1.22. The van der Waals surface area contributed by atoms with E-state index in [0.29, 0.717) is 18.5 Å². The van der Waals surface area contributed by atoms with Crippen molar-refractivity contribution >= 4 is 27.3 Å². The van der Waals surface area contributed by atoms with Crippen LogP contribution >= 0.6 is 11.3 Å². The van der Waals surface area contributed by atoms with Crippen LogP contribution in [-0.4, -0.2) is 36.9 Å². The maximum absolute atomic E-state index is 12.5. The van der Waals surface area contributed by atoms with Gasteiger partial charge in [0.25, 0.3) is 0 Å². The minimum atomic E-state index is -3.80. The topological polar surface area (TPSA) is 74.7 Å². The highest BCUT2D eigenvalue weighted by Crippen LogP contribution is 2.29. The van der Waals surface area contributed by atoms with E-state index >= 15 is 0 Å². The lowest BCUT2D eigenvalue weighted by Gasteiger charge is -2.20. The van der Waals surface area contributed by atoms with Gasteiger partial charge in [0.1, 0.15) is 9.77 Å². The smallest absolute Gasteiger partial charge is 0.347 e. The van der Waals surface area contributed by atoms with E-state index in [1.54, 1.807) is 12.3 Å². The largest absolute Gasteiger partial charge is 0.477 e. The van der Waals surface area contributed by atoms with Crippen molar-refractivity contribution in [2.75, 3.05) is 13.1 Å². The second-order valence-electron chi connectivity index (χ2n) is 4.03. The lowest BCUT2D eigenvalue weighted by Crippen LogP contribution is -2.33. The van der Waals surface area contributed by atoms with Crippen molar-refractivity contribution < 1.29 is 18.3 Å². The Morgan fingerprint density at radius 2 is 2.21 bits per heavy atom. The number of carbonyl (C=O) groups is 1. The third-order valence-electron chi connectivity index (χ3n) is 2.52. The number of aryl methyl sites for hydroxylation is 1. The number of hydrogen-bond acceptors (Lipinski definition) is 4. The Kier molecular flexibility index (Phi) is 5.28. The van der Waals surface area contributed by atoms with Crippen molar-refractivity contribution in [2.45, 2.75) is 25.2 Å². The Labute approximate surface area is 117 Å². The molecule has 0 aliphatic rings. The molecule has 0 atom stereocenters. The fourth-order valence-electron chi connectivity index (χ4n) is 1.73. The van der Waals surface area contributed by atoms with Crippen LogP contribution in [0, 0.1) is 6.92 Å². The molecule has 5 nitrogen and oxygen atoms in total. The van der Waals surface area contributed by atoms with E-state index in [4.69, 9.17) is 5.11 Å². The zero-order valence-electron chi connectivity index (χ0n) is 10.9. The monoisotopic (exact) mass is 303 g/mol. The van der Waals surface area contributed by atoms with Crippen LogP contribution in [0.3, 0.4) is 0 Å². The molecule has 1 aromatic rings. The minimum absolute atomic E-state index is 0.0969. The zero-order valence-corrected chi connectivity index (χ0v) is 12.6. The van der Waals surface area contributed by atoms with E-state index in [0.717, 1.165) is 11.3 Å². The summed E-state index contributed by atoms with van der Waals surface area (Å²) in [5.41, 5.74) is 0.465. The van der Waals surface area contributed by atoms with Crippen molar-refractivity contribution in [3.63, 3.8) is 0 Å². The van der Waals surface area contributed by atoms with Gasteiger partial charge in [-0.3, -0.25) is 0 Å². The molecule has 0 aromatic carbocycles. The van der Waals surface area contributed by atoms with Gasteiger partial charge in [-0.1, -0.05) is 13.0 Å². The number of carboxylic acids is 1. The Hall–Kier alpha value is -1.18.